The first kappa shape index (κ1) is 18.4. The van der Waals surface area contributed by atoms with Crippen LogP contribution >= 0.6 is 0 Å². The Hall–Kier alpha value is -1.98. The van der Waals surface area contributed by atoms with Crippen LogP contribution in [0, 0.1) is 0 Å². The van der Waals surface area contributed by atoms with Crippen LogP contribution in [0.15, 0.2) is 35.1 Å². The van der Waals surface area contributed by atoms with Crippen LogP contribution in [0.1, 0.15) is 56.7 Å². The summed E-state index contributed by atoms with van der Waals surface area (Å²) >= 11 is 0. The summed E-state index contributed by atoms with van der Waals surface area (Å²) in [5.74, 6) is 0.878. The topological polar surface area (TPSA) is 58.2 Å². The Balaban J connectivity index is 1.47. The standard InChI is InChI=1S/C22H29N3O2/c1-16(2)19-13-20(26)24-21(23-19)18-7-5-17(6-8-18)14-25-11-12-27-22(15-25)9-3-4-10-22/h5-8,13,16H,3-4,9-12,14-15H2,1-2H3,(H,23,24,26). The summed E-state index contributed by atoms with van der Waals surface area (Å²) in [6.07, 6.45) is 4.99. The second-order valence-corrected chi connectivity index (χ2v) is 8.32. The maximum Gasteiger partial charge on any atom is 0.251 e. The second kappa shape index (κ2) is 7.56. The lowest BCUT2D eigenvalue weighted by molar-refractivity contribution is -0.107. The van der Waals surface area contributed by atoms with Crippen LogP contribution in [0.5, 0.6) is 0 Å². The van der Waals surface area contributed by atoms with Crippen molar-refractivity contribution in [1.82, 2.24) is 14.9 Å². The lowest BCUT2D eigenvalue weighted by atomic mass is 9.99. The number of aromatic amines is 1. The monoisotopic (exact) mass is 367 g/mol. The molecule has 1 aliphatic carbocycles. The molecule has 5 nitrogen and oxygen atoms in total. The number of nitrogens with zero attached hydrogens (tertiary/aromatic N) is 2. The summed E-state index contributed by atoms with van der Waals surface area (Å²) in [4.78, 5) is 21.9. The summed E-state index contributed by atoms with van der Waals surface area (Å²) in [5.41, 5.74) is 3.08. The van der Waals surface area contributed by atoms with E-state index in [4.69, 9.17) is 4.74 Å². The van der Waals surface area contributed by atoms with Crippen molar-refractivity contribution in [2.75, 3.05) is 19.7 Å². The van der Waals surface area contributed by atoms with Crippen LogP contribution in [-0.4, -0.2) is 40.2 Å². The van der Waals surface area contributed by atoms with Gasteiger partial charge in [0.05, 0.1) is 17.9 Å². The molecular formula is C22H29N3O2. The number of hydrogen-bond donors (Lipinski definition) is 1. The minimum absolute atomic E-state index is 0.0945. The maximum atomic E-state index is 11.9. The van der Waals surface area contributed by atoms with Gasteiger partial charge < -0.3 is 9.72 Å². The van der Waals surface area contributed by atoms with E-state index in [9.17, 15) is 4.79 Å². The first-order valence-electron chi connectivity index (χ1n) is 10.1. The average Bonchev–Trinajstić information content (AvgIpc) is 3.09. The molecule has 1 aromatic heterocycles. The maximum absolute atomic E-state index is 11.9. The van der Waals surface area contributed by atoms with E-state index < -0.39 is 0 Å². The molecule has 1 saturated carbocycles. The van der Waals surface area contributed by atoms with Crippen molar-refractivity contribution in [2.45, 2.75) is 57.6 Å². The van der Waals surface area contributed by atoms with Gasteiger partial charge in [0.25, 0.3) is 5.56 Å². The Kier molecular flexibility index (Phi) is 5.15. The van der Waals surface area contributed by atoms with E-state index in [1.54, 1.807) is 6.07 Å². The van der Waals surface area contributed by atoms with Crippen molar-refractivity contribution >= 4 is 0 Å². The highest BCUT2D eigenvalue weighted by Gasteiger charge is 2.39. The number of ether oxygens (including phenoxy) is 1. The second-order valence-electron chi connectivity index (χ2n) is 8.32. The van der Waals surface area contributed by atoms with Crippen molar-refractivity contribution < 1.29 is 4.74 Å². The molecule has 144 valence electrons. The average molecular weight is 367 g/mol. The minimum Gasteiger partial charge on any atom is -0.372 e. The van der Waals surface area contributed by atoms with E-state index in [2.05, 4.69) is 39.1 Å². The molecule has 1 aliphatic heterocycles. The quantitative estimate of drug-likeness (QED) is 0.895. The molecule has 1 N–H and O–H groups in total. The predicted molar refractivity (Wildman–Crippen MR) is 107 cm³/mol. The van der Waals surface area contributed by atoms with Crippen molar-refractivity contribution in [3.8, 4) is 11.4 Å². The number of nitrogens with one attached hydrogen (secondary N) is 1. The molecule has 0 unspecified atom stereocenters. The number of morpholine rings is 1. The first-order valence-corrected chi connectivity index (χ1v) is 10.1. The van der Waals surface area contributed by atoms with Crippen molar-refractivity contribution in [1.29, 1.82) is 0 Å². The number of rotatable bonds is 4. The summed E-state index contributed by atoms with van der Waals surface area (Å²) < 4.78 is 6.13. The van der Waals surface area contributed by atoms with E-state index >= 15 is 0 Å². The summed E-state index contributed by atoms with van der Waals surface area (Å²) in [7, 11) is 0. The molecule has 0 bridgehead atoms. The van der Waals surface area contributed by atoms with E-state index in [0.717, 1.165) is 37.5 Å². The van der Waals surface area contributed by atoms with Crippen LogP contribution in [0.4, 0.5) is 0 Å². The van der Waals surface area contributed by atoms with Crippen LogP contribution in [-0.2, 0) is 11.3 Å². The lowest BCUT2D eigenvalue weighted by Gasteiger charge is -2.40. The summed E-state index contributed by atoms with van der Waals surface area (Å²) in [5, 5.41) is 0. The largest absolute Gasteiger partial charge is 0.372 e. The van der Waals surface area contributed by atoms with Crippen molar-refractivity contribution in [3.05, 3.63) is 51.9 Å². The zero-order chi connectivity index (χ0) is 18.9. The first-order chi connectivity index (χ1) is 13.0. The van der Waals surface area contributed by atoms with Gasteiger partial charge in [0, 0.05) is 31.3 Å². The Labute approximate surface area is 160 Å². The Morgan fingerprint density at radius 2 is 1.96 bits per heavy atom. The SMILES string of the molecule is CC(C)c1cc(=O)[nH]c(-c2ccc(CN3CCOC4(CCCC4)C3)cc2)n1. The Morgan fingerprint density at radius 3 is 2.67 bits per heavy atom. The normalized spacial score (nSPS) is 19.8. The molecule has 0 radical (unpaired) electrons. The summed E-state index contributed by atoms with van der Waals surface area (Å²) in [6.45, 7) is 7.92. The van der Waals surface area contributed by atoms with Crippen molar-refractivity contribution in [3.63, 3.8) is 0 Å². The highest BCUT2D eigenvalue weighted by Crippen LogP contribution is 2.36. The highest BCUT2D eigenvalue weighted by atomic mass is 16.5. The highest BCUT2D eigenvalue weighted by molar-refractivity contribution is 5.55. The van der Waals surface area contributed by atoms with Gasteiger partial charge >= 0.3 is 0 Å². The van der Waals surface area contributed by atoms with Crippen LogP contribution < -0.4 is 5.56 Å². The molecule has 2 fully saturated rings. The van der Waals surface area contributed by atoms with Crippen LogP contribution in [0.3, 0.4) is 0 Å². The molecule has 27 heavy (non-hydrogen) atoms. The molecule has 0 atom stereocenters. The van der Waals surface area contributed by atoms with Gasteiger partial charge in [-0.3, -0.25) is 9.69 Å². The van der Waals surface area contributed by atoms with E-state index in [0.29, 0.717) is 5.82 Å². The molecular weight excluding hydrogens is 338 g/mol. The molecule has 4 rings (SSSR count). The Bertz CT molecular complexity index is 835. The summed E-state index contributed by atoms with van der Waals surface area (Å²) in [6, 6.07) is 10.00. The van der Waals surface area contributed by atoms with Gasteiger partial charge in [-0.15, -0.1) is 0 Å². The Morgan fingerprint density at radius 1 is 1.22 bits per heavy atom. The van der Waals surface area contributed by atoms with Gasteiger partial charge in [0.2, 0.25) is 0 Å². The van der Waals surface area contributed by atoms with E-state index in [-0.39, 0.29) is 17.1 Å². The molecule has 1 spiro atoms. The molecule has 1 saturated heterocycles. The molecule has 5 heteroatoms. The fourth-order valence-corrected chi connectivity index (χ4v) is 4.32. The number of hydrogen-bond acceptors (Lipinski definition) is 4. The molecule has 2 heterocycles. The molecule has 2 aliphatic rings. The van der Waals surface area contributed by atoms with Gasteiger partial charge in [0.15, 0.2) is 0 Å². The molecule has 2 aromatic rings. The van der Waals surface area contributed by atoms with Gasteiger partial charge in [-0.2, -0.15) is 0 Å². The lowest BCUT2D eigenvalue weighted by Crippen LogP contribution is -2.49. The van der Waals surface area contributed by atoms with Gasteiger partial charge in [0.1, 0.15) is 5.82 Å². The number of benzene rings is 1. The molecule has 0 amide bonds. The van der Waals surface area contributed by atoms with E-state index in [1.165, 1.54) is 31.2 Å². The number of H-pyrrole nitrogens is 1. The van der Waals surface area contributed by atoms with Gasteiger partial charge in [-0.25, -0.2) is 4.98 Å². The zero-order valence-electron chi connectivity index (χ0n) is 16.3. The number of aromatic nitrogens is 2. The van der Waals surface area contributed by atoms with Crippen molar-refractivity contribution in [2.24, 2.45) is 0 Å². The third kappa shape index (κ3) is 4.14. The smallest absolute Gasteiger partial charge is 0.251 e. The van der Waals surface area contributed by atoms with E-state index in [1.807, 2.05) is 13.8 Å². The minimum atomic E-state index is -0.0945. The molecule has 1 aromatic carbocycles. The van der Waals surface area contributed by atoms with Crippen LogP contribution in [0.2, 0.25) is 0 Å². The fourth-order valence-electron chi connectivity index (χ4n) is 4.32. The van der Waals surface area contributed by atoms with Gasteiger partial charge in [-0.05, 0) is 24.3 Å². The third-order valence-corrected chi connectivity index (χ3v) is 5.83. The fraction of sp³-hybridized carbons (Fsp3) is 0.545. The van der Waals surface area contributed by atoms with Crippen LogP contribution in [0.25, 0.3) is 11.4 Å². The third-order valence-electron chi connectivity index (χ3n) is 5.83. The zero-order valence-corrected chi connectivity index (χ0v) is 16.3. The predicted octanol–water partition coefficient (Wildman–Crippen LogP) is 3.71. The van der Waals surface area contributed by atoms with Gasteiger partial charge in [-0.1, -0.05) is 51.0 Å².